The van der Waals surface area contributed by atoms with E-state index in [1.807, 2.05) is 4.90 Å². The normalized spacial score (nSPS) is 14.4. The topological polar surface area (TPSA) is 92.0 Å². The Hall–Kier alpha value is -2.55. The van der Waals surface area contributed by atoms with Gasteiger partial charge in [-0.05, 0) is 18.2 Å². The second-order valence-corrected chi connectivity index (χ2v) is 8.27. The van der Waals surface area contributed by atoms with Gasteiger partial charge in [0.25, 0.3) is 5.91 Å². The van der Waals surface area contributed by atoms with Crippen molar-refractivity contribution in [3.05, 3.63) is 51.6 Å². The average molecular weight is 466 g/mol. The van der Waals surface area contributed by atoms with Crippen molar-refractivity contribution in [3.63, 3.8) is 0 Å². The van der Waals surface area contributed by atoms with Gasteiger partial charge in [-0.25, -0.2) is 4.98 Å². The van der Waals surface area contributed by atoms with Crippen molar-refractivity contribution in [1.82, 2.24) is 19.7 Å². The van der Waals surface area contributed by atoms with Crippen LogP contribution in [0.25, 0.3) is 0 Å². The Morgan fingerprint density at radius 2 is 1.81 bits per heavy atom. The number of aromatic nitrogens is 1. The summed E-state index contributed by atoms with van der Waals surface area (Å²) in [5.74, 6) is 0.346. The fourth-order valence-electron chi connectivity index (χ4n) is 3.13. The summed E-state index contributed by atoms with van der Waals surface area (Å²) in [6.07, 6.45) is 1.44. The lowest BCUT2D eigenvalue weighted by Gasteiger charge is -2.34. The lowest BCUT2D eigenvalue weighted by molar-refractivity contribution is -0.130. The number of nitrogens with two attached hydrogens (primary N) is 1. The summed E-state index contributed by atoms with van der Waals surface area (Å²) in [6, 6.07) is 6.77. The molecule has 1 aromatic carbocycles. The van der Waals surface area contributed by atoms with Crippen LogP contribution in [0, 0.1) is 0 Å². The number of pyridine rings is 1. The standard InChI is InChI=1S/C21H25Cl2N5O3/c1-26(2)19(29)12-27-6-8-28(9-7-27)21(30)14-10-18(20(24)25-11-14)31-13-15-16(22)4-3-5-17(15)23/h3-5,10-11H,6-9,12-13H2,1-2H3,(H2,24,25). The number of likely N-dealkylation sites (N-methyl/N-ethyl adjacent to an activating group) is 1. The first-order chi connectivity index (χ1) is 14.8. The number of rotatable bonds is 6. The highest BCUT2D eigenvalue weighted by molar-refractivity contribution is 6.35. The zero-order valence-electron chi connectivity index (χ0n) is 17.5. The Bertz CT molecular complexity index is 942. The number of halogens is 2. The van der Waals surface area contributed by atoms with Crippen LogP contribution in [0.4, 0.5) is 5.82 Å². The molecule has 31 heavy (non-hydrogen) atoms. The van der Waals surface area contributed by atoms with E-state index in [0.717, 1.165) is 0 Å². The van der Waals surface area contributed by atoms with Gasteiger partial charge < -0.3 is 20.3 Å². The third-order valence-corrected chi connectivity index (χ3v) is 5.79. The van der Waals surface area contributed by atoms with Gasteiger partial charge in [0.05, 0.1) is 12.1 Å². The Morgan fingerprint density at radius 3 is 2.42 bits per heavy atom. The van der Waals surface area contributed by atoms with Crippen molar-refractivity contribution >= 4 is 40.8 Å². The lowest BCUT2D eigenvalue weighted by Crippen LogP contribution is -2.51. The van der Waals surface area contributed by atoms with E-state index in [1.54, 1.807) is 48.2 Å². The fourth-order valence-corrected chi connectivity index (χ4v) is 3.64. The Labute approximate surface area is 191 Å². The highest BCUT2D eigenvalue weighted by Crippen LogP contribution is 2.28. The first-order valence-electron chi connectivity index (χ1n) is 9.79. The average Bonchev–Trinajstić information content (AvgIpc) is 2.74. The molecular weight excluding hydrogens is 441 g/mol. The van der Waals surface area contributed by atoms with Crippen LogP contribution in [0.3, 0.4) is 0 Å². The minimum Gasteiger partial charge on any atom is -0.485 e. The molecule has 1 saturated heterocycles. The van der Waals surface area contributed by atoms with Crippen LogP contribution in [0.15, 0.2) is 30.5 Å². The minimum absolute atomic E-state index is 0.0444. The number of nitrogens with zero attached hydrogens (tertiary/aromatic N) is 4. The molecular formula is C21H25Cl2N5O3. The monoisotopic (exact) mass is 465 g/mol. The molecule has 8 nitrogen and oxygen atoms in total. The predicted molar refractivity (Wildman–Crippen MR) is 120 cm³/mol. The number of carbonyl (C=O) groups excluding carboxylic acids is 2. The van der Waals surface area contributed by atoms with Crippen LogP contribution in [0.5, 0.6) is 5.75 Å². The van der Waals surface area contributed by atoms with Crippen LogP contribution < -0.4 is 10.5 Å². The molecule has 2 aromatic rings. The second-order valence-electron chi connectivity index (χ2n) is 7.45. The molecule has 0 saturated carbocycles. The van der Waals surface area contributed by atoms with Gasteiger partial charge in [0.15, 0.2) is 11.6 Å². The Balaban J connectivity index is 1.63. The van der Waals surface area contributed by atoms with Crippen molar-refractivity contribution in [3.8, 4) is 5.75 Å². The van der Waals surface area contributed by atoms with Gasteiger partial charge in [0.2, 0.25) is 5.91 Å². The zero-order valence-corrected chi connectivity index (χ0v) is 19.0. The third kappa shape index (κ3) is 5.78. The SMILES string of the molecule is CN(C)C(=O)CN1CCN(C(=O)c2cnc(N)c(OCc3c(Cl)cccc3Cl)c2)CC1. The molecule has 0 unspecified atom stereocenters. The number of amides is 2. The number of carbonyl (C=O) groups is 2. The molecule has 1 aromatic heterocycles. The molecule has 1 fully saturated rings. The second kappa shape index (κ2) is 10.2. The van der Waals surface area contributed by atoms with Gasteiger partial charge in [-0.3, -0.25) is 14.5 Å². The highest BCUT2D eigenvalue weighted by Gasteiger charge is 2.24. The summed E-state index contributed by atoms with van der Waals surface area (Å²) in [7, 11) is 3.46. The molecule has 1 aliphatic rings. The van der Waals surface area contributed by atoms with Crippen molar-refractivity contribution in [2.24, 2.45) is 0 Å². The third-order valence-electron chi connectivity index (χ3n) is 5.08. The van der Waals surface area contributed by atoms with Gasteiger partial charge in [0.1, 0.15) is 6.61 Å². The molecule has 3 rings (SSSR count). The van der Waals surface area contributed by atoms with Gasteiger partial charge in [-0.2, -0.15) is 0 Å². The van der Waals surface area contributed by atoms with E-state index in [1.165, 1.54) is 6.20 Å². The van der Waals surface area contributed by atoms with Gasteiger partial charge in [0, 0.05) is 62.1 Å². The molecule has 10 heteroatoms. The van der Waals surface area contributed by atoms with Gasteiger partial charge in [-0.1, -0.05) is 29.3 Å². The quantitative estimate of drug-likeness (QED) is 0.703. The zero-order chi connectivity index (χ0) is 22.5. The van der Waals surface area contributed by atoms with E-state index < -0.39 is 0 Å². The van der Waals surface area contributed by atoms with Crippen molar-refractivity contribution < 1.29 is 14.3 Å². The summed E-state index contributed by atoms with van der Waals surface area (Å²) in [6.45, 7) is 2.75. The highest BCUT2D eigenvalue weighted by atomic mass is 35.5. The van der Waals surface area contributed by atoms with Crippen LogP contribution >= 0.6 is 23.2 Å². The fraction of sp³-hybridized carbons (Fsp3) is 0.381. The number of anilines is 1. The number of hydrogen-bond acceptors (Lipinski definition) is 6. The Kier molecular flexibility index (Phi) is 7.59. The summed E-state index contributed by atoms with van der Waals surface area (Å²) in [5.41, 5.74) is 6.94. The number of hydrogen-bond donors (Lipinski definition) is 1. The molecule has 2 amide bonds. The van der Waals surface area contributed by atoms with Crippen LogP contribution in [-0.4, -0.2) is 78.3 Å². The summed E-state index contributed by atoms with van der Waals surface area (Å²) in [5, 5.41) is 0.966. The van der Waals surface area contributed by atoms with E-state index in [0.29, 0.717) is 53.9 Å². The lowest BCUT2D eigenvalue weighted by atomic mass is 10.2. The first-order valence-corrected chi connectivity index (χ1v) is 10.5. The molecule has 1 aliphatic heterocycles. The van der Waals surface area contributed by atoms with E-state index in [4.69, 9.17) is 33.7 Å². The molecule has 0 radical (unpaired) electrons. The molecule has 0 bridgehead atoms. The molecule has 0 spiro atoms. The van der Waals surface area contributed by atoms with Crippen LogP contribution in [0.1, 0.15) is 15.9 Å². The van der Waals surface area contributed by atoms with Gasteiger partial charge in [-0.15, -0.1) is 0 Å². The predicted octanol–water partition coefficient (Wildman–Crippen LogP) is 2.40. The van der Waals surface area contributed by atoms with Crippen molar-refractivity contribution in [2.45, 2.75) is 6.61 Å². The van der Waals surface area contributed by atoms with E-state index >= 15 is 0 Å². The summed E-state index contributed by atoms with van der Waals surface area (Å²) >= 11 is 12.4. The molecule has 0 atom stereocenters. The maximum Gasteiger partial charge on any atom is 0.255 e. The number of piperazine rings is 1. The molecule has 0 aliphatic carbocycles. The maximum atomic E-state index is 12.9. The summed E-state index contributed by atoms with van der Waals surface area (Å²) in [4.78, 5) is 34.3. The van der Waals surface area contributed by atoms with Crippen molar-refractivity contribution in [1.29, 1.82) is 0 Å². The number of nitrogen functional groups attached to an aromatic ring is 1. The maximum absolute atomic E-state index is 12.9. The number of ether oxygens (including phenoxy) is 1. The molecule has 2 N–H and O–H groups in total. The molecule has 2 heterocycles. The van der Waals surface area contributed by atoms with Gasteiger partial charge >= 0.3 is 0 Å². The van der Waals surface area contributed by atoms with E-state index in [2.05, 4.69) is 4.98 Å². The van der Waals surface area contributed by atoms with Crippen LogP contribution in [0.2, 0.25) is 10.0 Å². The largest absolute Gasteiger partial charge is 0.485 e. The first kappa shape index (κ1) is 23.1. The van der Waals surface area contributed by atoms with Crippen LogP contribution in [-0.2, 0) is 11.4 Å². The van der Waals surface area contributed by atoms with E-state index in [9.17, 15) is 9.59 Å². The Morgan fingerprint density at radius 1 is 1.16 bits per heavy atom. The molecule has 166 valence electrons. The summed E-state index contributed by atoms with van der Waals surface area (Å²) < 4.78 is 5.77. The van der Waals surface area contributed by atoms with E-state index in [-0.39, 0.29) is 30.0 Å². The van der Waals surface area contributed by atoms with Crippen molar-refractivity contribution in [2.75, 3.05) is 52.6 Å². The number of benzene rings is 1. The smallest absolute Gasteiger partial charge is 0.255 e. The minimum atomic E-state index is -0.160.